The van der Waals surface area contributed by atoms with Crippen molar-refractivity contribution < 1.29 is 9.53 Å². The Bertz CT molecular complexity index is 695. The molecule has 104 valence electrons. The van der Waals surface area contributed by atoms with E-state index in [1.54, 1.807) is 24.4 Å². The Hall–Kier alpha value is -2.15. The van der Waals surface area contributed by atoms with Crippen molar-refractivity contribution in [1.82, 2.24) is 9.55 Å². The fourth-order valence-electron chi connectivity index (χ4n) is 1.67. The smallest absolute Gasteiger partial charge is 0.339 e. The van der Waals surface area contributed by atoms with Crippen LogP contribution in [0.5, 0.6) is 0 Å². The lowest BCUT2D eigenvalue weighted by molar-refractivity contribution is 0.0600. The lowest BCUT2D eigenvalue weighted by Crippen LogP contribution is -2.21. The molecule has 2 N–H and O–H groups in total. The molecule has 20 heavy (non-hydrogen) atoms. The summed E-state index contributed by atoms with van der Waals surface area (Å²) >= 11 is 3.16. The van der Waals surface area contributed by atoms with Crippen molar-refractivity contribution in [3.8, 4) is 0 Å². The van der Waals surface area contributed by atoms with E-state index in [2.05, 4.69) is 25.7 Å². The van der Waals surface area contributed by atoms with E-state index in [0.29, 0.717) is 21.4 Å². The Labute approximate surface area is 123 Å². The number of nitrogen functional groups attached to an aromatic ring is 1. The van der Waals surface area contributed by atoms with Crippen LogP contribution in [0.1, 0.15) is 16.1 Å². The van der Waals surface area contributed by atoms with Crippen LogP contribution in [-0.2, 0) is 11.3 Å². The minimum absolute atomic E-state index is 0.196. The second-order valence-corrected chi connectivity index (χ2v) is 4.94. The number of nitrogens with zero attached hydrogens (tertiary/aromatic N) is 2. The van der Waals surface area contributed by atoms with Crippen LogP contribution in [0.3, 0.4) is 0 Å². The first-order chi connectivity index (χ1) is 9.51. The summed E-state index contributed by atoms with van der Waals surface area (Å²) in [5.74, 6) is -0.451. The highest BCUT2D eigenvalue weighted by Gasteiger charge is 2.07. The zero-order chi connectivity index (χ0) is 14.7. The molecule has 0 aromatic carbocycles. The van der Waals surface area contributed by atoms with E-state index in [4.69, 9.17) is 5.73 Å². The number of methoxy groups -OCH3 is 1. The van der Waals surface area contributed by atoms with Gasteiger partial charge in [0, 0.05) is 18.1 Å². The maximum absolute atomic E-state index is 11.9. The molecule has 0 amide bonds. The zero-order valence-corrected chi connectivity index (χ0v) is 12.3. The van der Waals surface area contributed by atoms with Crippen molar-refractivity contribution in [1.29, 1.82) is 0 Å². The van der Waals surface area contributed by atoms with E-state index in [1.807, 2.05) is 0 Å². The number of anilines is 1. The SMILES string of the molecule is COC(=O)c1ccc(Cn2cc(N)cc(Br)c2=O)nc1. The number of carbonyl (C=O) groups is 1. The second-order valence-electron chi connectivity index (χ2n) is 4.08. The first kappa shape index (κ1) is 14.3. The van der Waals surface area contributed by atoms with Crippen molar-refractivity contribution in [3.05, 3.63) is 56.7 Å². The third kappa shape index (κ3) is 3.05. The second kappa shape index (κ2) is 5.87. The van der Waals surface area contributed by atoms with Gasteiger partial charge >= 0.3 is 5.97 Å². The first-order valence-corrected chi connectivity index (χ1v) is 6.49. The third-order valence-corrected chi connectivity index (χ3v) is 3.21. The molecule has 0 aliphatic heterocycles. The molecule has 2 rings (SSSR count). The largest absolute Gasteiger partial charge is 0.465 e. The van der Waals surface area contributed by atoms with Gasteiger partial charge in [-0.25, -0.2) is 4.79 Å². The Balaban J connectivity index is 2.27. The zero-order valence-electron chi connectivity index (χ0n) is 10.7. The molecule has 0 unspecified atom stereocenters. The van der Waals surface area contributed by atoms with Gasteiger partial charge in [0.1, 0.15) is 0 Å². The van der Waals surface area contributed by atoms with E-state index in [9.17, 15) is 9.59 Å². The van der Waals surface area contributed by atoms with E-state index in [-0.39, 0.29) is 12.1 Å². The number of nitrogens with two attached hydrogens (primary N) is 1. The molecular formula is C13H12BrN3O3. The predicted octanol–water partition coefficient (Wildman–Crippen LogP) is 1.42. The van der Waals surface area contributed by atoms with Gasteiger partial charge in [-0.3, -0.25) is 9.78 Å². The first-order valence-electron chi connectivity index (χ1n) is 5.70. The van der Waals surface area contributed by atoms with E-state index in [0.717, 1.165) is 0 Å². The van der Waals surface area contributed by atoms with E-state index < -0.39 is 5.97 Å². The van der Waals surface area contributed by atoms with Gasteiger partial charge in [0.05, 0.1) is 29.4 Å². The van der Waals surface area contributed by atoms with Crippen molar-refractivity contribution in [2.45, 2.75) is 6.54 Å². The summed E-state index contributed by atoms with van der Waals surface area (Å²) in [6.07, 6.45) is 2.95. The summed E-state index contributed by atoms with van der Waals surface area (Å²) in [7, 11) is 1.31. The average Bonchev–Trinajstić information content (AvgIpc) is 2.44. The molecule has 0 saturated heterocycles. The maximum atomic E-state index is 11.9. The topological polar surface area (TPSA) is 87.2 Å². The normalized spacial score (nSPS) is 10.3. The Morgan fingerprint density at radius 3 is 2.85 bits per heavy atom. The highest BCUT2D eigenvalue weighted by Crippen LogP contribution is 2.10. The minimum Gasteiger partial charge on any atom is -0.465 e. The van der Waals surface area contributed by atoms with Gasteiger partial charge < -0.3 is 15.0 Å². The molecule has 0 radical (unpaired) electrons. The average molecular weight is 338 g/mol. The maximum Gasteiger partial charge on any atom is 0.339 e. The van der Waals surface area contributed by atoms with Crippen molar-refractivity contribution >= 4 is 27.6 Å². The van der Waals surface area contributed by atoms with Gasteiger partial charge in [-0.2, -0.15) is 0 Å². The molecule has 0 fully saturated rings. The standard InChI is InChI=1S/C13H12BrN3O3/c1-20-13(19)8-2-3-10(16-5-8)7-17-6-9(15)4-11(14)12(17)18/h2-6H,7,15H2,1H3. The summed E-state index contributed by atoms with van der Waals surface area (Å²) in [4.78, 5) is 27.3. The number of pyridine rings is 2. The fourth-order valence-corrected chi connectivity index (χ4v) is 2.16. The molecule has 2 heterocycles. The summed E-state index contributed by atoms with van der Waals surface area (Å²) in [6, 6.07) is 4.81. The van der Waals surface area contributed by atoms with Gasteiger partial charge in [0.2, 0.25) is 0 Å². The van der Waals surface area contributed by atoms with Gasteiger partial charge in [-0.1, -0.05) is 0 Å². The molecule has 0 aliphatic rings. The number of ether oxygens (including phenoxy) is 1. The number of hydrogen-bond donors (Lipinski definition) is 1. The van der Waals surface area contributed by atoms with Crippen LogP contribution in [0.4, 0.5) is 5.69 Å². The molecule has 7 heteroatoms. The van der Waals surface area contributed by atoms with Crippen molar-refractivity contribution in [3.63, 3.8) is 0 Å². The molecule has 0 atom stereocenters. The Morgan fingerprint density at radius 2 is 2.25 bits per heavy atom. The molecule has 2 aromatic rings. The number of esters is 1. The molecular weight excluding hydrogens is 326 g/mol. The quantitative estimate of drug-likeness (QED) is 0.856. The molecule has 0 spiro atoms. The number of halogens is 1. The fraction of sp³-hybridized carbons (Fsp3) is 0.154. The van der Waals surface area contributed by atoms with Gasteiger partial charge in [0.25, 0.3) is 5.56 Å². The summed E-state index contributed by atoms with van der Waals surface area (Å²) in [5.41, 5.74) is 6.97. The Kier molecular flexibility index (Phi) is 4.19. The highest BCUT2D eigenvalue weighted by molar-refractivity contribution is 9.10. The molecule has 0 bridgehead atoms. The lowest BCUT2D eigenvalue weighted by Gasteiger charge is -2.07. The van der Waals surface area contributed by atoms with Gasteiger partial charge in [-0.05, 0) is 34.1 Å². The highest BCUT2D eigenvalue weighted by atomic mass is 79.9. The third-order valence-electron chi connectivity index (χ3n) is 2.64. The minimum atomic E-state index is -0.451. The van der Waals surface area contributed by atoms with E-state index in [1.165, 1.54) is 17.9 Å². The predicted molar refractivity (Wildman–Crippen MR) is 77.5 cm³/mol. The van der Waals surface area contributed by atoms with Crippen LogP contribution < -0.4 is 11.3 Å². The van der Waals surface area contributed by atoms with Crippen LogP contribution in [-0.4, -0.2) is 22.6 Å². The summed E-state index contributed by atoms with van der Waals surface area (Å²) in [5, 5.41) is 0. The summed E-state index contributed by atoms with van der Waals surface area (Å²) < 4.78 is 6.42. The van der Waals surface area contributed by atoms with Crippen molar-refractivity contribution in [2.75, 3.05) is 12.8 Å². The Morgan fingerprint density at radius 1 is 1.50 bits per heavy atom. The van der Waals surface area contributed by atoms with Crippen LogP contribution in [0.15, 0.2) is 39.9 Å². The van der Waals surface area contributed by atoms with E-state index >= 15 is 0 Å². The van der Waals surface area contributed by atoms with Crippen LogP contribution in [0.2, 0.25) is 0 Å². The number of aromatic nitrogens is 2. The van der Waals surface area contributed by atoms with Crippen LogP contribution >= 0.6 is 15.9 Å². The molecule has 0 saturated carbocycles. The number of carbonyl (C=O) groups excluding carboxylic acids is 1. The van der Waals surface area contributed by atoms with Gasteiger partial charge in [0.15, 0.2) is 0 Å². The number of hydrogen-bond acceptors (Lipinski definition) is 5. The molecule has 6 nitrogen and oxygen atoms in total. The molecule has 0 aliphatic carbocycles. The lowest BCUT2D eigenvalue weighted by atomic mass is 10.2. The summed E-state index contributed by atoms with van der Waals surface area (Å²) in [6.45, 7) is 0.268. The van der Waals surface area contributed by atoms with Crippen molar-refractivity contribution in [2.24, 2.45) is 0 Å². The van der Waals surface area contributed by atoms with Gasteiger partial charge in [-0.15, -0.1) is 0 Å². The number of rotatable bonds is 3. The van der Waals surface area contributed by atoms with Crippen LogP contribution in [0, 0.1) is 0 Å². The van der Waals surface area contributed by atoms with Crippen LogP contribution in [0.25, 0.3) is 0 Å². The molecule has 2 aromatic heterocycles. The monoisotopic (exact) mass is 337 g/mol.